The third-order valence-corrected chi connectivity index (χ3v) is 5.68. The van der Waals surface area contributed by atoms with Crippen molar-refractivity contribution >= 4 is 18.3 Å². The lowest BCUT2D eigenvalue weighted by Gasteiger charge is -2.32. The second-order valence-corrected chi connectivity index (χ2v) is 7.40. The van der Waals surface area contributed by atoms with Crippen molar-refractivity contribution in [3.63, 3.8) is 0 Å². The first-order chi connectivity index (χ1) is 14.2. The number of carbonyl (C=O) groups is 1. The Labute approximate surface area is 182 Å². The van der Waals surface area contributed by atoms with Gasteiger partial charge in [0.2, 0.25) is 0 Å². The van der Waals surface area contributed by atoms with Gasteiger partial charge in [0.05, 0.1) is 13.3 Å². The number of nitrogens with two attached hydrogens (primary N) is 1. The van der Waals surface area contributed by atoms with Crippen molar-refractivity contribution in [3.8, 4) is 16.9 Å². The normalized spacial score (nSPS) is 14.3. The molecule has 158 valence electrons. The van der Waals surface area contributed by atoms with E-state index in [-0.39, 0.29) is 18.3 Å². The standard InChI is InChI=1S/C23H26N4O2.ClH/c1-29-20-4-2-3-19(13-20)21-15-25-26-22(21)17-9-11-27(12-10-17)23(28)18-7-5-16(14-24)6-8-18;/h2-8,13,15,17H,9-12,14,24H2,1H3,(H,25,26);1H. The lowest BCUT2D eigenvalue weighted by molar-refractivity contribution is 0.0712. The Morgan fingerprint density at radius 2 is 1.93 bits per heavy atom. The van der Waals surface area contributed by atoms with E-state index in [1.807, 2.05) is 53.6 Å². The second kappa shape index (κ2) is 9.78. The van der Waals surface area contributed by atoms with Crippen LogP contribution in [0.5, 0.6) is 5.75 Å². The highest BCUT2D eigenvalue weighted by atomic mass is 35.5. The molecular weight excluding hydrogens is 400 g/mol. The summed E-state index contributed by atoms with van der Waals surface area (Å²) in [6, 6.07) is 15.6. The molecule has 1 aliphatic rings. The number of halogens is 1. The summed E-state index contributed by atoms with van der Waals surface area (Å²) in [6.45, 7) is 1.96. The molecule has 1 saturated heterocycles. The molecule has 1 aliphatic heterocycles. The smallest absolute Gasteiger partial charge is 0.253 e. The number of nitrogens with zero attached hydrogens (tertiary/aromatic N) is 2. The molecule has 6 nitrogen and oxygen atoms in total. The molecule has 0 bridgehead atoms. The summed E-state index contributed by atoms with van der Waals surface area (Å²) in [5, 5.41) is 7.48. The van der Waals surface area contributed by atoms with Gasteiger partial charge in [0.25, 0.3) is 5.91 Å². The van der Waals surface area contributed by atoms with Crippen molar-refractivity contribution in [2.75, 3.05) is 20.2 Å². The summed E-state index contributed by atoms with van der Waals surface area (Å²) in [4.78, 5) is 14.8. The Bertz CT molecular complexity index is 979. The predicted octanol–water partition coefficient (Wildman–Crippen LogP) is 3.99. The van der Waals surface area contributed by atoms with Crippen LogP contribution in [0, 0.1) is 0 Å². The van der Waals surface area contributed by atoms with Gasteiger partial charge in [-0.25, -0.2) is 0 Å². The molecule has 0 saturated carbocycles. The molecule has 1 fully saturated rings. The van der Waals surface area contributed by atoms with Crippen molar-refractivity contribution in [2.24, 2.45) is 5.73 Å². The van der Waals surface area contributed by atoms with E-state index in [0.29, 0.717) is 12.5 Å². The molecule has 0 atom stereocenters. The van der Waals surface area contributed by atoms with E-state index in [1.54, 1.807) is 7.11 Å². The molecule has 1 aromatic heterocycles. The average Bonchev–Trinajstić information content (AvgIpc) is 3.29. The van der Waals surface area contributed by atoms with Crippen molar-refractivity contribution in [1.82, 2.24) is 15.1 Å². The van der Waals surface area contributed by atoms with Crippen molar-refractivity contribution in [1.29, 1.82) is 0 Å². The molecule has 4 rings (SSSR count). The van der Waals surface area contributed by atoms with E-state index in [2.05, 4.69) is 16.3 Å². The molecule has 2 heterocycles. The number of rotatable bonds is 5. The zero-order valence-electron chi connectivity index (χ0n) is 17.0. The highest BCUT2D eigenvalue weighted by Gasteiger charge is 2.27. The van der Waals surface area contributed by atoms with Gasteiger partial charge in [0.15, 0.2) is 0 Å². The second-order valence-electron chi connectivity index (χ2n) is 7.40. The van der Waals surface area contributed by atoms with Crippen LogP contribution < -0.4 is 10.5 Å². The van der Waals surface area contributed by atoms with Crippen molar-refractivity contribution in [2.45, 2.75) is 25.3 Å². The van der Waals surface area contributed by atoms with Gasteiger partial charge in [0.1, 0.15) is 5.75 Å². The summed E-state index contributed by atoms with van der Waals surface area (Å²) in [7, 11) is 1.67. The Hall–Kier alpha value is -2.83. The molecule has 30 heavy (non-hydrogen) atoms. The number of methoxy groups -OCH3 is 1. The fourth-order valence-corrected chi connectivity index (χ4v) is 3.97. The third kappa shape index (κ3) is 4.50. The van der Waals surface area contributed by atoms with E-state index in [9.17, 15) is 4.79 Å². The van der Waals surface area contributed by atoms with Crippen LogP contribution in [-0.2, 0) is 6.54 Å². The maximum Gasteiger partial charge on any atom is 0.253 e. The number of carbonyl (C=O) groups excluding carboxylic acids is 1. The van der Waals surface area contributed by atoms with Crippen LogP contribution in [0.2, 0.25) is 0 Å². The number of amides is 1. The van der Waals surface area contributed by atoms with Gasteiger partial charge in [-0.05, 0) is 48.2 Å². The summed E-state index contributed by atoms with van der Waals surface area (Å²) >= 11 is 0. The fraction of sp³-hybridized carbons (Fsp3) is 0.304. The Balaban J connectivity index is 0.00000256. The summed E-state index contributed by atoms with van der Waals surface area (Å²) in [5.74, 6) is 1.27. The lowest BCUT2D eigenvalue weighted by atomic mass is 9.89. The lowest BCUT2D eigenvalue weighted by Crippen LogP contribution is -2.38. The maximum absolute atomic E-state index is 12.8. The Morgan fingerprint density at radius 1 is 1.20 bits per heavy atom. The molecule has 0 unspecified atom stereocenters. The van der Waals surface area contributed by atoms with Crippen LogP contribution in [0.3, 0.4) is 0 Å². The largest absolute Gasteiger partial charge is 0.497 e. The van der Waals surface area contributed by atoms with Crippen LogP contribution in [0.4, 0.5) is 0 Å². The van der Waals surface area contributed by atoms with E-state index in [4.69, 9.17) is 10.5 Å². The van der Waals surface area contributed by atoms with Crippen LogP contribution in [0.25, 0.3) is 11.1 Å². The molecule has 0 spiro atoms. The average molecular weight is 427 g/mol. The first-order valence-corrected chi connectivity index (χ1v) is 9.95. The summed E-state index contributed by atoms with van der Waals surface area (Å²) in [6.07, 6.45) is 3.69. The predicted molar refractivity (Wildman–Crippen MR) is 120 cm³/mol. The first-order valence-electron chi connectivity index (χ1n) is 9.95. The van der Waals surface area contributed by atoms with E-state index in [1.165, 1.54) is 0 Å². The van der Waals surface area contributed by atoms with Crippen molar-refractivity contribution < 1.29 is 9.53 Å². The zero-order valence-corrected chi connectivity index (χ0v) is 17.8. The Kier molecular flexibility index (Phi) is 7.13. The number of benzene rings is 2. The molecule has 0 radical (unpaired) electrons. The molecule has 0 aliphatic carbocycles. The number of piperidine rings is 1. The van der Waals surface area contributed by atoms with E-state index in [0.717, 1.165) is 59.6 Å². The summed E-state index contributed by atoms with van der Waals surface area (Å²) < 4.78 is 5.35. The quantitative estimate of drug-likeness (QED) is 0.646. The van der Waals surface area contributed by atoms with E-state index < -0.39 is 0 Å². The topological polar surface area (TPSA) is 84.2 Å². The zero-order chi connectivity index (χ0) is 20.2. The molecule has 1 amide bonds. The number of aromatic nitrogens is 2. The van der Waals surface area contributed by atoms with E-state index >= 15 is 0 Å². The Morgan fingerprint density at radius 3 is 2.60 bits per heavy atom. The first kappa shape index (κ1) is 21.9. The minimum atomic E-state index is 0. The molecule has 7 heteroatoms. The number of hydrogen-bond donors (Lipinski definition) is 2. The highest BCUT2D eigenvalue weighted by molar-refractivity contribution is 5.94. The number of aromatic amines is 1. The maximum atomic E-state index is 12.8. The number of nitrogens with one attached hydrogen (secondary N) is 1. The van der Waals surface area contributed by atoms with Gasteiger partial charge in [-0.15, -0.1) is 12.4 Å². The molecule has 3 aromatic rings. The highest BCUT2D eigenvalue weighted by Crippen LogP contribution is 2.35. The van der Waals surface area contributed by atoms with Crippen LogP contribution in [-0.4, -0.2) is 41.2 Å². The minimum Gasteiger partial charge on any atom is -0.497 e. The van der Waals surface area contributed by atoms with Gasteiger partial charge >= 0.3 is 0 Å². The molecular formula is C23H27ClN4O2. The third-order valence-electron chi connectivity index (χ3n) is 5.68. The number of ether oxygens (including phenoxy) is 1. The minimum absolute atomic E-state index is 0. The number of hydrogen-bond acceptors (Lipinski definition) is 4. The molecule has 2 aromatic carbocycles. The van der Waals surface area contributed by atoms with Gasteiger partial charge in [-0.3, -0.25) is 9.89 Å². The van der Waals surface area contributed by atoms with Crippen LogP contribution in [0.15, 0.2) is 54.7 Å². The van der Waals surface area contributed by atoms with Gasteiger partial charge in [-0.1, -0.05) is 24.3 Å². The SMILES string of the molecule is COc1cccc(-c2cn[nH]c2C2CCN(C(=O)c3ccc(CN)cc3)CC2)c1.Cl. The number of H-pyrrole nitrogens is 1. The summed E-state index contributed by atoms with van der Waals surface area (Å²) in [5.41, 5.74) is 10.7. The number of likely N-dealkylation sites (tertiary alicyclic amines) is 1. The molecule has 3 N–H and O–H groups in total. The van der Waals surface area contributed by atoms with Gasteiger partial charge < -0.3 is 15.4 Å². The monoisotopic (exact) mass is 426 g/mol. The van der Waals surface area contributed by atoms with Crippen molar-refractivity contribution in [3.05, 3.63) is 71.5 Å². The van der Waals surface area contributed by atoms with Gasteiger partial charge in [0, 0.05) is 42.4 Å². The van der Waals surface area contributed by atoms with Crippen LogP contribution in [0.1, 0.15) is 40.4 Å². The fourth-order valence-electron chi connectivity index (χ4n) is 3.97. The van der Waals surface area contributed by atoms with Gasteiger partial charge in [-0.2, -0.15) is 5.10 Å². The van der Waals surface area contributed by atoms with Crippen LogP contribution >= 0.6 is 12.4 Å².